The maximum absolute atomic E-state index is 11.7. The van der Waals surface area contributed by atoms with Crippen molar-refractivity contribution in [2.45, 2.75) is 6.61 Å². The van der Waals surface area contributed by atoms with Crippen molar-refractivity contribution in [1.82, 2.24) is 9.97 Å². The van der Waals surface area contributed by atoms with Crippen LogP contribution in [0.4, 0.5) is 5.69 Å². The van der Waals surface area contributed by atoms with Crippen molar-refractivity contribution in [2.75, 3.05) is 7.11 Å². The van der Waals surface area contributed by atoms with Gasteiger partial charge in [-0.3, -0.25) is 19.9 Å². The minimum atomic E-state index is -1.09. The molecule has 1 heterocycles. The van der Waals surface area contributed by atoms with Gasteiger partial charge in [0.1, 0.15) is 12.3 Å². The van der Waals surface area contributed by atoms with Crippen LogP contribution >= 0.6 is 15.9 Å². The largest absolute Gasteiger partial charge is 0.493 e. The average molecular weight is 499 g/mol. The van der Waals surface area contributed by atoms with E-state index in [1.807, 2.05) is 4.98 Å². The summed E-state index contributed by atoms with van der Waals surface area (Å²) < 4.78 is 11.8. The molecule has 0 aliphatic heterocycles. The maximum atomic E-state index is 11.7. The number of ether oxygens (including phenoxy) is 2. The third kappa shape index (κ3) is 5.11. The van der Waals surface area contributed by atoms with E-state index in [2.05, 4.69) is 27.0 Å². The lowest BCUT2D eigenvalue weighted by Crippen LogP contribution is -2.25. The number of nitriles is 1. The second-order valence-corrected chi connectivity index (χ2v) is 7.25. The van der Waals surface area contributed by atoms with Gasteiger partial charge >= 0.3 is 16.9 Å². The molecule has 0 fully saturated rings. The van der Waals surface area contributed by atoms with Crippen molar-refractivity contribution in [1.29, 1.82) is 5.26 Å². The monoisotopic (exact) mass is 498 g/mol. The van der Waals surface area contributed by atoms with Gasteiger partial charge in [-0.25, -0.2) is 4.79 Å². The Labute approximate surface area is 189 Å². The molecule has 0 atom stereocenters. The van der Waals surface area contributed by atoms with Gasteiger partial charge in [-0.1, -0.05) is 18.2 Å². The first-order chi connectivity index (χ1) is 15.3. The van der Waals surface area contributed by atoms with Crippen LogP contribution in [0.2, 0.25) is 0 Å². The highest BCUT2D eigenvalue weighted by Gasteiger charge is 2.19. The zero-order valence-corrected chi connectivity index (χ0v) is 18.1. The maximum Gasteiger partial charge on any atom is 0.357 e. The summed E-state index contributed by atoms with van der Waals surface area (Å²) >= 11 is 3.42. The lowest BCUT2D eigenvalue weighted by atomic mass is 10.1. The lowest BCUT2D eigenvalue weighted by Gasteiger charge is -2.13. The summed E-state index contributed by atoms with van der Waals surface area (Å²) in [5.41, 5.74) is -0.989. The summed E-state index contributed by atoms with van der Waals surface area (Å²) in [5, 5.41) is 20.0. The number of aromatic amines is 2. The topological polar surface area (TPSA) is 151 Å². The van der Waals surface area contributed by atoms with Crippen LogP contribution < -0.4 is 20.7 Å². The van der Waals surface area contributed by atoms with Crippen LogP contribution in [0.3, 0.4) is 0 Å². The van der Waals surface area contributed by atoms with Crippen molar-refractivity contribution in [3.05, 3.63) is 94.2 Å². The highest BCUT2D eigenvalue weighted by molar-refractivity contribution is 9.10. The van der Waals surface area contributed by atoms with E-state index in [0.29, 0.717) is 27.1 Å². The number of H-pyrrole nitrogens is 2. The Hall–Kier alpha value is -4.17. The van der Waals surface area contributed by atoms with Crippen LogP contribution in [0.25, 0.3) is 12.2 Å². The number of methoxy groups -OCH3 is 1. The van der Waals surface area contributed by atoms with E-state index < -0.39 is 21.9 Å². The summed E-state index contributed by atoms with van der Waals surface area (Å²) in [6.45, 7) is 0.232. The van der Waals surface area contributed by atoms with Gasteiger partial charge in [-0.05, 0) is 57.4 Å². The van der Waals surface area contributed by atoms with Gasteiger partial charge in [0, 0.05) is 0 Å². The quantitative estimate of drug-likeness (QED) is 0.374. The normalized spacial score (nSPS) is 10.7. The molecule has 0 aliphatic carbocycles. The molecular formula is C21H15BrN4O6. The molecule has 0 amide bonds. The Morgan fingerprint density at radius 1 is 1.19 bits per heavy atom. The van der Waals surface area contributed by atoms with E-state index in [-0.39, 0.29) is 12.3 Å². The van der Waals surface area contributed by atoms with Gasteiger partial charge in [0.25, 0.3) is 0 Å². The number of halogens is 1. The molecule has 11 heteroatoms. The fraction of sp³-hybridized carbons (Fsp3) is 0.0952. The minimum Gasteiger partial charge on any atom is -0.493 e. The van der Waals surface area contributed by atoms with Crippen molar-refractivity contribution in [3.63, 3.8) is 0 Å². The van der Waals surface area contributed by atoms with Crippen molar-refractivity contribution >= 4 is 33.8 Å². The fourth-order valence-corrected chi connectivity index (χ4v) is 3.36. The number of nitro groups is 1. The van der Waals surface area contributed by atoms with E-state index in [1.54, 1.807) is 36.4 Å². The Balaban J connectivity index is 1.88. The van der Waals surface area contributed by atoms with Crippen LogP contribution in [0.5, 0.6) is 11.5 Å². The number of nitrogens with one attached hydrogen (secondary N) is 2. The average Bonchev–Trinajstić information content (AvgIpc) is 2.76. The van der Waals surface area contributed by atoms with Gasteiger partial charge in [0.05, 0.1) is 28.1 Å². The summed E-state index contributed by atoms with van der Waals surface area (Å²) in [6.07, 6.45) is 2.74. The van der Waals surface area contributed by atoms with E-state index in [1.165, 1.54) is 19.3 Å². The molecule has 0 saturated carbocycles. The Morgan fingerprint density at radius 2 is 1.91 bits per heavy atom. The summed E-state index contributed by atoms with van der Waals surface area (Å²) in [6, 6.07) is 12.3. The third-order valence-corrected chi connectivity index (χ3v) is 4.88. The van der Waals surface area contributed by atoms with Gasteiger partial charge < -0.3 is 14.5 Å². The van der Waals surface area contributed by atoms with E-state index in [0.717, 1.165) is 5.56 Å². The minimum absolute atomic E-state index is 0.232. The molecule has 3 rings (SSSR count). The predicted octanol–water partition coefficient (Wildman–Crippen LogP) is 3.36. The van der Waals surface area contributed by atoms with Gasteiger partial charge in [-0.2, -0.15) is 5.26 Å². The smallest absolute Gasteiger partial charge is 0.357 e. The molecule has 0 bridgehead atoms. The number of rotatable bonds is 7. The van der Waals surface area contributed by atoms with Gasteiger partial charge in [0.2, 0.25) is 0 Å². The number of hydrogen-bond donors (Lipinski definition) is 2. The lowest BCUT2D eigenvalue weighted by molar-refractivity contribution is -0.386. The summed E-state index contributed by atoms with van der Waals surface area (Å²) in [4.78, 5) is 37.6. The predicted molar refractivity (Wildman–Crippen MR) is 119 cm³/mol. The molecule has 3 aromatic rings. The molecule has 0 aliphatic rings. The molecule has 0 saturated heterocycles. The Morgan fingerprint density at radius 3 is 2.53 bits per heavy atom. The molecule has 0 radical (unpaired) electrons. The molecule has 10 nitrogen and oxygen atoms in total. The van der Waals surface area contributed by atoms with Crippen LogP contribution in [0.1, 0.15) is 22.4 Å². The van der Waals surface area contributed by atoms with Crippen molar-refractivity contribution in [3.8, 4) is 17.6 Å². The van der Waals surface area contributed by atoms with E-state index >= 15 is 0 Å². The second-order valence-electron chi connectivity index (χ2n) is 6.39. The fourth-order valence-electron chi connectivity index (χ4n) is 2.79. The molecule has 2 N–H and O–H groups in total. The molecule has 0 unspecified atom stereocenters. The van der Waals surface area contributed by atoms with E-state index in [9.17, 15) is 19.7 Å². The molecule has 0 spiro atoms. The highest BCUT2D eigenvalue weighted by Crippen LogP contribution is 2.37. The number of aromatic nitrogens is 2. The SMILES string of the molecule is COc1cc(/C=C/c2[nH]c(=O)[nH]c(=O)c2[N+](=O)[O-])cc(Br)c1OCc1ccc(C#N)cc1. The highest BCUT2D eigenvalue weighted by atomic mass is 79.9. The molecule has 32 heavy (non-hydrogen) atoms. The van der Waals surface area contributed by atoms with Gasteiger partial charge in [0.15, 0.2) is 11.5 Å². The first-order valence-electron chi connectivity index (χ1n) is 9.01. The van der Waals surface area contributed by atoms with Crippen molar-refractivity contribution < 1.29 is 14.4 Å². The zero-order valence-electron chi connectivity index (χ0n) is 16.5. The first kappa shape index (κ1) is 22.5. The number of hydrogen-bond acceptors (Lipinski definition) is 7. The number of nitrogens with zero attached hydrogens (tertiary/aromatic N) is 2. The van der Waals surface area contributed by atoms with Gasteiger partial charge in [-0.15, -0.1) is 0 Å². The van der Waals surface area contributed by atoms with Crippen LogP contribution in [-0.4, -0.2) is 22.0 Å². The summed E-state index contributed by atoms with van der Waals surface area (Å²) in [7, 11) is 1.46. The Bertz CT molecular complexity index is 1350. The van der Waals surface area contributed by atoms with E-state index in [4.69, 9.17) is 14.7 Å². The third-order valence-electron chi connectivity index (χ3n) is 4.29. The molecule has 162 valence electrons. The molecule has 1 aromatic heterocycles. The van der Waals surface area contributed by atoms with Crippen LogP contribution in [0.15, 0.2) is 50.5 Å². The standard InChI is InChI=1S/C21H15BrN4O6/c1-31-17-9-14(6-7-16-18(26(29)30)20(27)25-21(28)24-16)8-15(22)19(17)32-11-13-4-2-12(10-23)3-5-13/h2-9H,11H2,1H3,(H2,24,25,27,28)/b7-6+. The second kappa shape index (κ2) is 9.76. The zero-order chi connectivity index (χ0) is 23.3. The molecular weight excluding hydrogens is 484 g/mol. The first-order valence-corrected chi connectivity index (χ1v) is 9.80. The van der Waals surface area contributed by atoms with Crippen LogP contribution in [-0.2, 0) is 6.61 Å². The molecule has 2 aromatic carbocycles. The summed E-state index contributed by atoms with van der Waals surface area (Å²) in [5.74, 6) is 0.825. The number of benzene rings is 2. The Kier molecular flexibility index (Phi) is 6.87. The van der Waals surface area contributed by atoms with Crippen molar-refractivity contribution in [2.24, 2.45) is 0 Å². The van der Waals surface area contributed by atoms with Crippen LogP contribution in [0, 0.1) is 21.4 Å².